The van der Waals surface area contributed by atoms with E-state index in [9.17, 15) is 17.6 Å². The third-order valence-corrected chi connectivity index (χ3v) is 7.68. The molecule has 5 nitrogen and oxygen atoms in total. The highest BCUT2D eigenvalue weighted by molar-refractivity contribution is 7.92. The van der Waals surface area contributed by atoms with E-state index in [2.05, 4.69) is 5.32 Å². The number of halogens is 2. The van der Waals surface area contributed by atoms with Crippen LogP contribution in [0.4, 0.5) is 10.1 Å². The van der Waals surface area contributed by atoms with Crippen LogP contribution in [0.3, 0.4) is 0 Å². The first-order valence-electron chi connectivity index (χ1n) is 10.2. The average molecular weight is 473 g/mol. The third kappa shape index (κ3) is 4.64. The standard InChI is InChI=1S/C24H22ClFN2O3S/c1-28(19-11-9-18(26)10-12-19)32(30,31)20-13-14-22(25)21(15-20)24(29)27-23(17-7-8-17)16-5-3-2-4-6-16/h2-6,9-15,17,23H,7-8H2,1H3,(H,27,29)/t23-/m1/s1. The van der Waals surface area contributed by atoms with Gasteiger partial charge in [0, 0.05) is 7.05 Å². The molecule has 0 saturated heterocycles. The van der Waals surface area contributed by atoms with Gasteiger partial charge >= 0.3 is 0 Å². The van der Waals surface area contributed by atoms with Gasteiger partial charge in [0.05, 0.1) is 27.2 Å². The summed E-state index contributed by atoms with van der Waals surface area (Å²) in [6.45, 7) is 0. The maximum Gasteiger partial charge on any atom is 0.264 e. The minimum atomic E-state index is -3.99. The fourth-order valence-corrected chi connectivity index (χ4v) is 4.99. The molecule has 1 saturated carbocycles. The summed E-state index contributed by atoms with van der Waals surface area (Å²) in [5, 5.41) is 3.19. The van der Waals surface area contributed by atoms with Gasteiger partial charge in [0.25, 0.3) is 15.9 Å². The highest BCUT2D eigenvalue weighted by atomic mass is 35.5. The fourth-order valence-electron chi connectivity index (χ4n) is 3.57. The molecule has 1 amide bonds. The van der Waals surface area contributed by atoms with Crippen LogP contribution in [0.5, 0.6) is 0 Å². The second-order valence-corrected chi connectivity index (χ2v) is 10.2. The number of hydrogen-bond acceptors (Lipinski definition) is 3. The molecule has 1 aliphatic rings. The van der Waals surface area contributed by atoms with Crippen LogP contribution in [0, 0.1) is 11.7 Å². The molecule has 0 radical (unpaired) electrons. The summed E-state index contributed by atoms with van der Waals surface area (Å²) in [5.74, 6) is -0.553. The zero-order valence-electron chi connectivity index (χ0n) is 17.3. The van der Waals surface area contributed by atoms with Gasteiger partial charge in [0.2, 0.25) is 0 Å². The van der Waals surface area contributed by atoms with E-state index in [-0.39, 0.29) is 21.5 Å². The largest absolute Gasteiger partial charge is 0.345 e. The van der Waals surface area contributed by atoms with E-state index >= 15 is 0 Å². The lowest BCUT2D eigenvalue weighted by molar-refractivity contribution is 0.0931. The van der Waals surface area contributed by atoms with Gasteiger partial charge in [-0.15, -0.1) is 0 Å². The van der Waals surface area contributed by atoms with Gasteiger partial charge in [-0.25, -0.2) is 12.8 Å². The summed E-state index contributed by atoms with van der Waals surface area (Å²) >= 11 is 6.27. The molecular formula is C24H22ClFN2O3S. The molecule has 1 atom stereocenters. The monoisotopic (exact) mass is 472 g/mol. The number of nitrogens with zero attached hydrogens (tertiary/aromatic N) is 1. The van der Waals surface area contributed by atoms with Gasteiger partial charge in [-0.2, -0.15) is 0 Å². The number of nitrogens with one attached hydrogen (secondary N) is 1. The fraction of sp³-hybridized carbons (Fsp3) is 0.208. The van der Waals surface area contributed by atoms with Crippen LogP contribution in [-0.2, 0) is 10.0 Å². The van der Waals surface area contributed by atoms with Gasteiger partial charge in [0.1, 0.15) is 5.82 Å². The zero-order valence-corrected chi connectivity index (χ0v) is 18.9. The van der Waals surface area contributed by atoms with Crippen LogP contribution in [0.25, 0.3) is 0 Å². The molecule has 0 aromatic heterocycles. The summed E-state index contributed by atoms with van der Waals surface area (Å²) in [6, 6.07) is 18.7. The Morgan fingerprint density at radius 1 is 1.06 bits per heavy atom. The Morgan fingerprint density at radius 3 is 2.34 bits per heavy atom. The first kappa shape index (κ1) is 22.3. The molecule has 166 valence electrons. The Labute approximate surface area is 191 Å². The van der Waals surface area contributed by atoms with Crippen molar-refractivity contribution in [2.45, 2.75) is 23.8 Å². The molecule has 8 heteroatoms. The van der Waals surface area contributed by atoms with Crippen molar-refractivity contribution in [1.29, 1.82) is 0 Å². The quantitative estimate of drug-likeness (QED) is 0.515. The topological polar surface area (TPSA) is 66.5 Å². The molecule has 0 spiro atoms. The Morgan fingerprint density at radius 2 is 1.72 bits per heavy atom. The smallest absolute Gasteiger partial charge is 0.264 e. The van der Waals surface area contributed by atoms with Gasteiger partial charge in [-0.3, -0.25) is 9.10 Å². The highest BCUT2D eigenvalue weighted by Crippen LogP contribution is 2.41. The summed E-state index contributed by atoms with van der Waals surface area (Å²) in [7, 11) is -2.62. The lowest BCUT2D eigenvalue weighted by Crippen LogP contribution is -2.31. The second kappa shape index (κ2) is 8.92. The highest BCUT2D eigenvalue weighted by Gasteiger charge is 2.34. The van der Waals surface area contributed by atoms with Crippen molar-refractivity contribution < 1.29 is 17.6 Å². The van der Waals surface area contributed by atoms with Crippen molar-refractivity contribution in [3.8, 4) is 0 Å². The van der Waals surface area contributed by atoms with Crippen LogP contribution >= 0.6 is 11.6 Å². The Kier molecular flexibility index (Phi) is 6.22. The molecule has 0 aliphatic heterocycles. The van der Waals surface area contributed by atoms with Gasteiger partial charge in [0.15, 0.2) is 0 Å². The van der Waals surface area contributed by atoms with E-state index in [0.717, 1.165) is 22.7 Å². The summed E-state index contributed by atoms with van der Waals surface area (Å²) < 4.78 is 40.5. The number of sulfonamides is 1. The number of rotatable bonds is 7. The number of anilines is 1. The molecule has 1 aliphatic carbocycles. The van der Waals surface area contributed by atoms with Crippen LogP contribution < -0.4 is 9.62 Å². The Hall–Kier alpha value is -2.90. The average Bonchev–Trinajstić information content (AvgIpc) is 3.63. The van der Waals surface area contributed by atoms with Crippen molar-refractivity contribution >= 4 is 33.2 Å². The number of hydrogen-bond donors (Lipinski definition) is 1. The molecule has 3 aromatic carbocycles. The van der Waals surface area contributed by atoms with Crippen molar-refractivity contribution in [1.82, 2.24) is 5.32 Å². The maximum absolute atomic E-state index is 13.2. The number of carbonyl (C=O) groups is 1. The molecule has 0 bridgehead atoms. The molecule has 32 heavy (non-hydrogen) atoms. The maximum atomic E-state index is 13.2. The number of benzene rings is 3. The molecule has 0 heterocycles. The van der Waals surface area contributed by atoms with Crippen LogP contribution in [0.15, 0.2) is 77.7 Å². The molecule has 1 fully saturated rings. The number of carbonyl (C=O) groups excluding carboxylic acids is 1. The van der Waals surface area contributed by atoms with Crippen molar-refractivity contribution in [3.63, 3.8) is 0 Å². The van der Waals surface area contributed by atoms with Crippen LogP contribution in [-0.4, -0.2) is 21.4 Å². The Bertz CT molecular complexity index is 1230. The predicted octanol–water partition coefficient (Wildman–Crippen LogP) is 5.19. The minimum Gasteiger partial charge on any atom is -0.345 e. The second-order valence-electron chi connectivity index (χ2n) is 7.79. The first-order valence-corrected chi connectivity index (χ1v) is 12.0. The molecule has 0 unspecified atom stereocenters. The first-order chi connectivity index (χ1) is 15.3. The summed E-state index contributed by atoms with van der Waals surface area (Å²) in [4.78, 5) is 13.0. The van der Waals surface area contributed by atoms with E-state index in [0.29, 0.717) is 11.6 Å². The third-order valence-electron chi connectivity index (χ3n) is 5.57. The van der Waals surface area contributed by atoms with Crippen molar-refractivity contribution in [2.75, 3.05) is 11.4 Å². The van der Waals surface area contributed by atoms with E-state index in [1.54, 1.807) is 0 Å². The van der Waals surface area contributed by atoms with E-state index in [1.165, 1.54) is 49.5 Å². The molecular weight excluding hydrogens is 451 g/mol. The van der Waals surface area contributed by atoms with Crippen LogP contribution in [0.1, 0.15) is 34.8 Å². The summed E-state index contributed by atoms with van der Waals surface area (Å²) in [5.41, 5.74) is 1.38. The molecule has 3 aromatic rings. The predicted molar refractivity (Wildman–Crippen MR) is 123 cm³/mol. The van der Waals surface area contributed by atoms with E-state index in [4.69, 9.17) is 11.6 Å². The molecule has 1 N–H and O–H groups in total. The van der Waals surface area contributed by atoms with Gasteiger partial charge in [-0.1, -0.05) is 41.9 Å². The SMILES string of the molecule is CN(c1ccc(F)cc1)S(=O)(=O)c1ccc(Cl)c(C(=O)N[C@H](c2ccccc2)C2CC2)c1. The van der Waals surface area contributed by atoms with Gasteiger partial charge in [-0.05, 0) is 66.8 Å². The van der Waals surface area contributed by atoms with Crippen LogP contribution in [0.2, 0.25) is 5.02 Å². The zero-order chi connectivity index (χ0) is 22.9. The minimum absolute atomic E-state index is 0.0819. The molecule has 4 rings (SSSR count). The van der Waals surface area contributed by atoms with Crippen molar-refractivity contribution in [3.05, 3.63) is 94.8 Å². The summed E-state index contributed by atoms with van der Waals surface area (Å²) in [6.07, 6.45) is 2.04. The normalized spacial score (nSPS) is 14.6. The van der Waals surface area contributed by atoms with Gasteiger partial charge < -0.3 is 5.32 Å². The van der Waals surface area contributed by atoms with E-state index in [1.807, 2.05) is 30.3 Å². The number of amides is 1. The Balaban J connectivity index is 1.62. The van der Waals surface area contributed by atoms with E-state index < -0.39 is 21.7 Å². The van der Waals surface area contributed by atoms with Crippen molar-refractivity contribution in [2.24, 2.45) is 5.92 Å². The lowest BCUT2D eigenvalue weighted by atomic mass is 10.0. The lowest BCUT2D eigenvalue weighted by Gasteiger charge is -2.21.